The van der Waals surface area contributed by atoms with Gasteiger partial charge in [-0.25, -0.2) is 4.39 Å². The van der Waals surface area contributed by atoms with E-state index in [-0.39, 0.29) is 18.2 Å². The van der Waals surface area contributed by atoms with Gasteiger partial charge >= 0.3 is 5.97 Å². The molecule has 1 aromatic carbocycles. The first-order valence-electron chi connectivity index (χ1n) is 6.72. The van der Waals surface area contributed by atoms with Gasteiger partial charge in [-0.2, -0.15) is 0 Å². The van der Waals surface area contributed by atoms with E-state index in [9.17, 15) is 9.18 Å². The maximum atomic E-state index is 13.5. The average Bonchev–Trinajstić information content (AvgIpc) is 2.32. The van der Waals surface area contributed by atoms with Gasteiger partial charge in [0.1, 0.15) is 11.6 Å². The molecule has 0 spiro atoms. The number of carbonyl (C=O) groups excluding carboxylic acids is 1. The summed E-state index contributed by atoms with van der Waals surface area (Å²) in [5.41, 5.74) is 0.605. The minimum absolute atomic E-state index is 0.0990. The Kier molecular flexibility index (Phi) is 6.61. The van der Waals surface area contributed by atoms with Gasteiger partial charge in [0.15, 0.2) is 0 Å². The second-order valence-electron chi connectivity index (χ2n) is 5.45. The van der Waals surface area contributed by atoms with E-state index in [1.54, 1.807) is 19.1 Å². The van der Waals surface area contributed by atoms with Crippen LogP contribution in [0.4, 0.5) is 4.39 Å². The fraction of sp³-hybridized carbons (Fsp3) is 0.400. The number of esters is 1. The first-order chi connectivity index (χ1) is 9.71. The van der Waals surface area contributed by atoms with Crippen molar-refractivity contribution < 1.29 is 18.3 Å². The monoisotopic (exact) mass is 374 g/mol. The molecule has 0 atom stereocenters. The lowest BCUT2D eigenvalue weighted by Crippen LogP contribution is -2.24. The highest BCUT2D eigenvalue weighted by atomic mass is 79.9. The molecule has 0 aliphatic heterocycles. The van der Waals surface area contributed by atoms with E-state index in [1.807, 2.05) is 19.6 Å². The summed E-state index contributed by atoms with van der Waals surface area (Å²) in [4.78, 5) is 11.5. The minimum Gasteiger partial charge on any atom is -0.544 e. The molecule has 0 fully saturated rings. The summed E-state index contributed by atoms with van der Waals surface area (Å²) in [5, 5.41) is 0. The van der Waals surface area contributed by atoms with Crippen molar-refractivity contribution in [3.05, 3.63) is 40.1 Å². The van der Waals surface area contributed by atoms with Gasteiger partial charge in [-0.1, -0.05) is 15.9 Å². The number of hydrogen-bond donors (Lipinski definition) is 0. The SMILES string of the molecule is CCOC(=O)C/C=C(\O[Si](C)(C)C)c1cc(F)cc(Br)c1. The molecule has 0 heterocycles. The lowest BCUT2D eigenvalue weighted by atomic mass is 10.1. The zero-order valence-electron chi connectivity index (χ0n) is 12.7. The highest BCUT2D eigenvalue weighted by molar-refractivity contribution is 9.10. The number of halogens is 2. The zero-order valence-corrected chi connectivity index (χ0v) is 15.3. The van der Waals surface area contributed by atoms with Crippen LogP contribution >= 0.6 is 15.9 Å². The second kappa shape index (κ2) is 7.75. The summed E-state index contributed by atoms with van der Waals surface area (Å²) in [6, 6.07) is 4.53. The number of carbonyl (C=O) groups is 1. The normalized spacial score (nSPS) is 12.2. The fourth-order valence-electron chi connectivity index (χ4n) is 1.64. The molecule has 6 heteroatoms. The number of hydrogen-bond acceptors (Lipinski definition) is 3. The molecule has 0 N–H and O–H groups in total. The molecule has 0 bridgehead atoms. The predicted molar refractivity (Wildman–Crippen MR) is 87.8 cm³/mol. The van der Waals surface area contributed by atoms with E-state index in [4.69, 9.17) is 9.16 Å². The van der Waals surface area contributed by atoms with E-state index in [0.29, 0.717) is 22.4 Å². The summed E-state index contributed by atoms with van der Waals surface area (Å²) in [6.45, 7) is 8.17. The lowest BCUT2D eigenvalue weighted by molar-refractivity contribution is -0.142. The molecule has 0 saturated heterocycles. The molecule has 0 unspecified atom stereocenters. The molecule has 116 valence electrons. The third kappa shape index (κ3) is 6.90. The smallest absolute Gasteiger partial charge is 0.309 e. The summed E-state index contributed by atoms with van der Waals surface area (Å²) in [5.74, 6) is -0.173. The topological polar surface area (TPSA) is 35.5 Å². The van der Waals surface area contributed by atoms with E-state index < -0.39 is 8.32 Å². The summed E-state index contributed by atoms with van der Waals surface area (Å²) >= 11 is 3.26. The molecular weight excluding hydrogens is 355 g/mol. The Bertz CT molecular complexity index is 518. The van der Waals surface area contributed by atoms with Crippen LogP contribution in [0.3, 0.4) is 0 Å². The minimum atomic E-state index is -1.89. The molecule has 0 aromatic heterocycles. The Labute approximate surface area is 134 Å². The molecule has 0 radical (unpaired) electrons. The molecule has 21 heavy (non-hydrogen) atoms. The van der Waals surface area contributed by atoms with Gasteiger partial charge in [0, 0.05) is 10.0 Å². The maximum absolute atomic E-state index is 13.5. The van der Waals surface area contributed by atoms with Crippen molar-refractivity contribution in [3.63, 3.8) is 0 Å². The largest absolute Gasteiger partial charge is 0.544 e. The van der Waals surface area contributed by atoms with Crippen LogP contribution in [-0.4, -0.2) is 20.9 Å². The zero-order chi connectivity index (χ0) is 16.0. The molecule has 1 rings (SSSR count). The van der Waals surface area contributed by atoms with Crippen LogP contribution in [0, 0.1) is 5.82 Å². The first-order valence-corrected chi connectivity index (χ1v) is 10.9. The van der Waals surface area contributed by atoms with Crippen LogP contribution in [0.5, 0.6) is 0 Å². The van der Waals surface area contributed by atoms with Gasteiger partial charge in [0.2, 0.25) is 8.32 Å². The molecule has 0 aliphatic rings. The van der Waals surface area contributed by atoms with Crippen molar-refractivity contribution in [2.24, 2.45) is 0 Å². The molecule has 1 aromatic rings. The maximum Gasteiger partial charge on any atom is 0.309 e. The Morgan fingerprint density at radius 2 is 2.00 bits per heavy atom. The standard InChI is InChI=1S/C15H20BrFO3Si/c1-5-19-15(18)7-6-14(20-21(2,3)4)11-8-12(16)10-13(17)9-11/h6,8-10H,5,7H2,1-4H3/b14-6-. The molecule has 0 aliphatic carbocycles. The van der Waals surface area contributed by atoms with Crippen molar-refractivity contribution >= 4 is 36.0 Å². The van der Waals surface area contributed by atoms with Gasteiger partial charge in [-0.15, -0.1) is 0 Å². The molecule has 0 saturated carbocycles. The Morgan fingerprint density at radius 1 is 1.33 bits per heavy atom. The molecule has 0 amide bonds. The van der Waals surface area contributed by atoms with Crippen LogP contribution in [0.2, 0.25) is 19.6 Å². The highest BCUT2D eigenvalue weighted by Crippen LogP contribution is 2.25. The van der Waals surface area contributed by atoms with Gasteiger partial charge in [0.25, 0.3) is 0 Å². The quantitative estimate of drug-likeness (QED) is 0.410. The number of ether oxygens (including phenoxy) is 1. The third-order valence-electron chi connectivity index (χ3n) is 2.32. The van der Waals surface area contributed by atoms with E-state index >= 15 is 0 Å². The molecular formula is C15H20BrFO3Si. The van der Waals surface area contributed by atoms with Crippen molar-refractivity contribution in [2.75, 3.05) is 6.61 Å². The van der Waals surface area contributed by atoms with E-state index in [2.05, 4.69) is 15.9 Å². The Hall–Kier alpha value is -1.14. The number of benzene rings is 1. The van der Waals surface area contributed by atoms with E-state index in [0.717, 1.165) is 0 Å². The van der Waals surface area contributed by atoms with Crippen LogP contribution < -0.4 is 0 Å². The van der Waals surface area contributed by atoms with Crippen molar-refractivity contribution in [1.29, 1.82) is 0 Å². The molecule has 3 nitrogen and oxygen atoms in total. The summed E-state index contributed by atoms with van der Waals surface area (Å²) in [7, 11) is -1.89. The van der Waals surface area contributed by atoms with Gasteiger partial charge in [-0.3, -0.25) is 4.79 Å². The van der Waals surface area contributed by atoms with Crippen molar-refractivity contribution in [1.82, 2.24) is 0 Å². The van der Waals surface area contributed by atoms with Crippen molar-refractivity contribution in [3.8, 4) is 0 Å². The van der Waals surface area contributed by atoms with Gasteiger partial charge < -0.3 is 9.16 Å². The summed E-state index contributed by atoms with van der Waals surface area (Å²) < 4.78 is 25.0. The van der Waals surface area contributed by atoms with Crippen LogP contribution in [-0.2, 0) is 14.0 Å². The number of rotatable bonds is 6. The van der Waals surface area contributed by atoms with E-state index in [1.165, 1.54) is 12.1 Å². The lowest BCUT2D eigenvalue weighted by Gasteiger charge is -2.22. The third-order valence-corrected chi connectivity index (χ3v) is 3.61. The van der Waals surface area contributed by atoms with Crippen LogP contribution in [0.1, 0.15) is 18.9 Å². The summed E-state index contributed by atoms with van der Waals surface area (Å²) in [6.07, 6.45) is 1.75. The predicted octanol–water partition coefficient (Wildman–Crippen LogP) is 4.73. The van der Waals surface area contributed by atoms with Crippen LogP contribution in [0.15, 0.2) is 28.7 Å². The van der Waals surface area contributed by atoms with Crippen molar-refractivity contribution in [2.45, 2.75) is 33.0 Å². The first kappa shape index (κ1) is 17.9. The highest BCUT2D eigenvalue weighted by Gasteiger charge is 2.19. The Balaban J connectivity index is 3.06. The second-order valence-corrected chi connectivity index (χ2v) is 10.8. The Morgan fingerprint density at radius 3 is 2.52 bits per heavy atom. The van der Waals surface area contributed by atoms with Gasteiger partial charge in [-0.05, 0) is 50.8 Å². The van der Waals surface area contributed by atoms with Gasteiger partial charge in [0.05, 0.1) is 13.0 Å². The fourth-order valence-corrected chi connectivity index (χ4v) is 2.97. The average molecular weight is 375 g/mol. The van der Waals surface area contributed by atoms with Crippen LogP contribution in [0.25, 0.3) is 5.76 Å².